The van der Waals surface area contributed by atoms with Gasteiger partial charge in [-0.2, -0.15) is 0 Å². The van der Waals surface area contributed by atoms with Gasteiger partial charge < -0.3 is 10.5 Å². The van der Waals surface area contributed by atoms with E-state index in [2.05, 4.69) is 4.98 Å². The van der Waals surface area contributed by atoms with Crippen LogP contribution >= 0.6 is 0 Å². The van der Waals surface area contributed by atoms with Crippen LogP contribution in [-0.4, -0.2) is 4.98 Å². The van der Waals surface area contributed by atoms with E-state index in [1.165, 1.54) is 0 Å². The minimum absolute atomic E-state index is 0.526. The monoisotopic (exact) mass is 228 g/mol. The molecule has 2 rings (SSSR count). The zero-order chi connectivity index (χ0) is 12.1. The minimum Gasteiger partial charge on any atom is -0.487 e. The fourth-order valence-corrected chi connectivity index (χ4v) is 1.60. The third kappa shape index (κ3) is 3.04. The SMILES string of the molecule is Cc1ccc(OCc2ccccc2CN)cn1. The van der Waals surface area contributed by atoms with Gasteiger partial charge in [0.1, 0.15) is 12.4 Å². The van der Waals surface area contributed by atoms with Crippen LogP contribution in [0, 0.1) is 6.92 Å². The van der Waals surface area contributed by atoms with Gasteiger partial charge in [0.05, 0.1) is 6.20 Å². The smallest absolute Gasteiger partial charge is 0.138 e. The molecule has 2 N–H and O–H groups in total. The summed E-state index contributed by atoms with van der Waals surface area (Å²) in [4.78, 5) is 4.18. The summed E-state index contributed by atoms with van der Waals surface area (Å²) in [5.74, 6) is 0.780. The Bertz CT molecular complexity index is 480. The number of rotatable bonds is 4. The van der Waals surface area contributed by atoms with Crippen molar-refractivity contribution in [2.24, 2.45) is 5.73 Å². The van der Waals surface area contributed by atoms with Gasteiger partial charge >= 0.3 is 0 Å². The van der Waals surface area contributed by atoms with Crippen LogP contribution in [0.5, 0.6) is 5.75 Å². The summed E-state index contributed by atoms with van der Waals surface area (Å²) < 4.78 is 5.67. The average Bonchev–Trinajstić information content (AvgIpc) is 2.38. The zero-order valence-corrected chi connectivity index (χ0v) is 9.89. The van der Waals surface area contributed by atoms with Crippen LogP contribution in [0.15, 0.2) is 42.6 Å². The highest BCUT2D eigenvalue weighted by atomic mass is 16.5. The van der Waals surface area contributed by atoms with Crippen molar-refractivity contribution in [3.63, 3.8) is 0 Å². The van der Waals surface area contributed by atoms with Gasteiger partial charge in [-0.3, -0.25) is 4.98 Å². The van der Waals surface area contributed by atoms with Crippen LogP contribution in [-0.2, 0) is 13.2 Å². The number of nitrogens with zero attached hydrogens (tertiary/aromatic N) is 1. The molecular formula is C14H16N2O. The molecule has 1 aromatic heterocycles. The number of hydrogen-bond donors (Lipinski definition) is 1. The quantitative estimate of drug-likeness (QED) is 0.874. The summed E-state index contributed by atoms with van der Waals surface area (Å²) in [6.45, 7) is 3.01. The molecule has 0 saturated carbocycles. The van der Waals surface area contributed by atoms with Crippen molar-refractivity contribution in [1.82, 2.24) is 4.98 Å². The number of pyridine rings is 1. The number of nitrogens with two attached hydrogens (primary N) is 1. The second-order valence-corrected chi connectivity index (χ2v) is 3.90. The molecule has 0 saturated heterocycles. The van der Waals surface area contributed by atoms with Gasteiger partial charge in [0, 0.05) is 12.2 Å². The first-order valence-electron chi connectivity index (χ1n) is 5.62. The van der Waals surface area contributed by atoms with Crippen LogP contribution in [0.4, 0.5) is 0 Å². The summed E-state index contributed by atoms with van der Waals surface area (Å²) in [6, 6.07) is 11.9. The predicted molar refractivity (Wildman–Crippen MR) is 67.6 cm³/mol. The Hall–Kier alpha value is -1.87. The average molecular weight is 228 g/mol. The molecular weight excluding hydrogens is 212 g/mol. The maximum atomic E-state index is 5.67. The second kappa shape index (κ2) is 5.46. The highest BCUT2D eigenvalue weighted by molar-refractivity contribution is 5.27. The largest absolute Gasteiger partial charge is 0.487 e. The Kier molecular flexibility index (Phi) is 3.73. The molecule has 0 amide bonds. The highest BCUT2D eigenvalue weighted by Gasteiger charge is 2.01. The van der Waals surface area contributed by atoms with Gasteiger partial charge in [-0.1, -0.05) is 24.3 Å². The maximum Gasteiger partial charge on any atom is 0.138 e. The van der Waals surface area contributed by atoms with Crippen molar-refractivity contribution >= 4 is 0 Å². The number of aromatic nitrogens is 1. The van der Waals surface area contributed by atoms with E-state index in [1.807, 2.05) is 43.3 Å². The molecule has 0 aliphatic carbocycles. The highest BCUT2D eigenvalue weighted by Crippen LogP contribution is 2.14. The summed E-state index contributed by atoms with van der Waals surface area (Å²) in [5.41, 5.74) is 8.90. The fourth-order valence-electron chi connectivity index (χ4n) is 1.60. The standard InChI is InChI=1S/C14H16N2O/c1-11-6-7-14(9-16-11)17-10-13-5-3-2-4-12(13)8-15/h2-7,9H,8,10,15H2,1H3. The zero-order valence-electron chi connectivity index (χ0n) is 9.89. The predicted octanol–water partition coefficient (Wildman–Crippen LogP) is 2.43. The van der Waals surface area contributed by atoms with E-state index in [-0.39, 0.29) is 0 Å². The van der Waals surface area contributed by atoms with Gasteiger partial charge in [0.2, 0.25) is 0 Å². The lowest BCUT2D eigenvalue weighted by Gasteiger charge is -2.09. The van der Waals surface area contributed by atoms with Gasteiger partial charge in [0.25, 0.3) is 0 Å². The van der Waals surface area contributed by atoms with E-state index in [0.717, 1.165) is 22.6 Å². The lowest BCUT2D eigenvalue weighted by Crippen LogP contribution is -2.04. The first-order valence-corrected chi connectivity index (χ1v) is 5.62. The number of benzene rings is 1. The summed E-state index contributed by atoms with van der Waals surface area (Å²) in [6.07, 6.45) is 1.74. The molecule has 88 valence electrons. The summed E-state index contributed by atoms with van der Waals surface area (Å²) in [7, 11) is 0. The van der Waals surface area contributed by atoms with Gasteiger partial charge in [-0.05, 0) is 30.2 Å². The molecule has 2 aromatic rings. The molecule has 3 nitrogen and oxygen atoms in total. The Balaban J connectivity index is 2.04. The van der Waals surface area contributed by atoms with Gasteiger partial charge in [-0.15, -0.1) is 0 Å². The fraction of sp³-hybridized carbons (Fsp3) is 0.214. The molecule has 1 heterocycles. The van der Waals surface area contributed by atoms with Crippen LogP contribution in [0.1, 0.15) is 16.8 Å². The van der Waals surface area contributed by atoms with Gasteiger partial charge in [0.15, 0.2) is 0 Å². The molecule has 0 aliphatic rings. The topological polar surface area (TPSA) is 48.1 Å². The minimum atomic E-state index is 0.526. The lowest BCUT2D eigenvalue weighted by atomic mass is 10.1. The number of aryl methyl sites for hydroxylation is 1. The molecule has 3 heteroatoms. The van der Waals surface area contributed by atoms with E-state index < -0.39 is 0 Å². The van der Waals surface area contributed by atoms with E-state index in [1.54, 1.807) is 6.20 Å². The molecule has 0 unspecified atom stereocenters. The molecule has 0 aliphatic heterocycles. The lowest BCUT2D eigenvalue weighted by molar-refractivity contribution is 0.303. The summed E-state index contributed by atoms with van der Waals surface area (Å²) >= 11 is 0. The summed E-state index contributed by atoms with van der Waals surface area (Å²) in [5, 5.41) is 0. The number of ether oxygens (including phenoxy) is 1. The molecule has 0 fully saturated rings. The third-order valence-corrected chi connectivity index (χ3v) is 2.62. The molecule has 0 spiro atoms. The van der Waals surface area contributed by atoms with E-state index >= 15 is 0 Å². The van der Waals surface area contributed by atoms with E-state index in [0.29, 0.717) is 13.2 Å². The normalized spacial score (nSPS) is 10.2. The molecule has 0 atom stereocenters. The first-order chi connectivity index (χ1) is 8.29. The van der Waals surface area contributed by atoms with Crippen molar-refractivity contribution in [2.75, 3.05) is 0 Å². The van der Waals surface area contributed by atoms with Crippen LogP contribution < -0.4 is 10.5 Å². The Morgan fingerprint density at radius 2 is 1.88 bits per heavy atom. The van der Waals surface area contributed by atoms with Crippen molar-refractivity contribution in [3.8, 4) is 5.75 Å². The Morgan fingerprint density at radius 1 is 1.12 bits per heavy atom. The molecule has 1 aromatic carbocycles. The Labute approximate surface area is 101 Å². The van der Waals surface area contributed by atoms with Crippen molar-refractivity contribution in [1.29, 1.82) is 0 Å². The molecule has 17 heavy (non-hydrogen) atoms. The third-order valence-electron chi connectivity index (χ3n) is 2.62. The number of hydrogen-bond acceptors (Lipinski definition) is 3. The van der Waals surface area contributed by atoms with Crippen LogP contribution in [0.3, 0.4) is 0 Å². The van der Waals surface area contributed by atoms with Crippen molar-refractivity contribution in [2.45, 2.75) is 20.1 Å². The second-order valence-electron chi connectivity index (χ2n) is 3.90. The van der Waals surface area contributed by atoms with Crippen molar-refractivity contribution < 1.29 is 4.74 Å². The molecule has 0 bridgehead atoms. The van der Waals surface area contributed by atoms with Crippen LogP contribution in [0.2, 0.25) is 0 Å². The van der Waals surface area contributed by atoms with E-state index in [9.17, 15) is 0 Å². The van der Waals surface area contributed by atoms with Crippen molar-refractivity contribution in [3.05, 3.63) is 59.4 Å². The van der Waals surface area contributed by atoms with Crippen LogP contribution in [0.25, 0.3) is 0 Å². The Morgan fingerprint density at radius 3 is 2.53 bits per heavy atom. The first kappa shape index (κ1) is 11.6. The molecule has 0 radical (unpaired) electrons. The van der Waals surface area contributed by atoms with E-state index in [4.69, 9.17) is 10.5 Å². The van der Waals surface area contributed by atoms with Gasteiger partial charge in [-0.25, -0.2) is 0 Å². The maximum absolute atomic E-state index is 5.67.